The van der Waals surface area contributed by atoms with Gasteiger partial charge < -0.3 is 9.88 Å². The Bertz CT molecular complexity index is 397. The Kier molecular flexibility index (Phi) is 3.46. The third kappa shape index (κ3) is 3.12. The van der Waals surface area contributed by atoms with E-state index in [0.717, 1.165) is 0 Å². The summed E-state index contributed by atoms with van der Waals surface area (Å²) in [6.45, 7) is 12.6. The molecule has 0 saturated carbocycles. The van der Waals surface area contributed by atoms with Crippen molar-refractivity contribution in [1.82, 2.24) is 9.88 Å². The molecule has 0 unspecified atom stereocenters. The number of aryl methyl sites for hydroxylation is 1. The molecule has 0 bridgehead atoms. The van der Waals surface area contributed by atoms with Crippen LogP contribution in [0.1, 0.15) is 37.6 Å². The first-order valence-corrected chi connectivity index (χ1v) is 5.64. The fourth-order valence-corrected chi connectivity index (χ4v) is 1.70. The first-order chi connectivity index (χ1) is 7.20. The minimum Gasteiger partial charge on any atom is -0.350 e. The predicted octanol–water partition coefficient (Wildman–Crippen LogP) is 2.33. The van der Waals surface area contributed by atoms with Crippen molar-refractivity contribution in [3.8, 4) is 0 Å². The Hall–Kier alpha value is -1.25. The standard InChI is InChI=1S/C13H22N2O/c1-9-7-15(11(3)10(9)2)8-12(16)14-13(4,5)6/h7H,8H2,1-6H3,(H,14,16). The topological polar surface area (TPSA) is 34.0 Å². The van der Waals surface area contributed by atoms with E-state index >= 15 is 0 Å². The first kappa shape index (κ1) is 12.8. The van der Waals surface area contributed by atoms with Gasteiger partial charge in [0, 0.05) is 17.4 Å². The van der Waals surface area contributed by atoms with Crippen LogP contribution in [0.5, 0.6) is 0 Å². The summed E-state index contributed by atoms with van der Waals surface area (Å²) in [5.41, 5.74) is 3.51. The highest BCUT2D eigenvalue weighted by Gasteiger charge is 2.15. The van der Waals surface area contributed by atoms with Crippen LogP contribution in [-0.4, -0.2) is 16.0 Å². The van der Waals surface area contributed by atoms with Gasteiger partial charge in [-0.2, -0.15) is 0 Å². The Labute approximate surface area is 97.8 Å². The second-order valence-electron chi connectivity index (χ2n) is 5.45. The number of carbonyl (C=O) groups excluding carboxylic acids is 1. The Morgan fingerprint density at radius 1 is 1.31 bits per heavy atom. The summed E-state index contributed by atoms with van der Waals surface area (Å²) in [7, 11) is 0. The molecule has 16 heavy (non-hydrogen) atoms. The summed E-state index contributed by atoms with van der Waals surface area (Å²) < 4.78 is 2.01. The third-order valence-electron chi connectivity index (χ3n) is 2.74. The molecule has 1 aromatic heterocycles. The third-order valence-corrected chi connectivity index (χ3v) is 2.74. The average molecular weight is 222 g/mol. The van der Waals surface area contributed by atoms with Gasteiger partial charge in [-0.15, -0.1) is 0 Å². The number of carbonyl (C=O) groups is 1. The van der Waals surface area contributed by atoms with Crippen molar-refractivity contribution in [3.05, 3.63) is 23.0 Å². The van der Waals surface area contributed by atoms with E-state index in [9.17, 15) is 4.79 Å². The molecule has 1 aromatic rings. The Morgan fingerprint density at radius 3 is 2.25 bits per heavy atom. The highest BCUT2D eigenvalue weighted by Crippen LogP contribution is 2.14. The SMILES string of the molecule is Cc1cn(CC(=O)NC(C)(C)C)c(C)c1C. The first-order valence-electron chi connectivity index (χ1n) is 5.64. The fraction of sp³-hybridized carbons (Fsp3) is 0.615. The molecule has 0 aliphatic heterocycles. The summed E-state index contributed by atoms with van der Waals surface area (Å²) in [4.78, 5) is 11.8. The van der Waals surface area contributed by atoms with Crippen molar-refractivity contribution in [2.75, 3.05) is 0 Å². The van der Waals surface area contributed by atoms with Crippen molar-refractivity contribution < 1.29 is 4.79 Å². The Morgan fingerprint density at radius 2 is 1.88 bits per heavy atom. The summed E-state index contributed by atoms with van der Waals surface area (Å²) >= 11 is 0. The highest BCUT2D eigenvalue weighted by molar-refractivity contribution is 5.76. The van der Waals surface area contributed by atoms with Gasteiger partial charge in [-0.3, -0.25) is 4.79 Å². The second-order valence-corrected chi connectivity index (χ2v) is 5.45. The molecule has 1 amide bonds. The van der Waals surface area contributed by atoms with Crippen LogP contribution in [0.15, 0.2) is 6.20 Å². The molecule has 0 aromatic carbocycles. The molecular weight excluding hydrogens is 200 g/mol. The van der Waals surface area contributed by atoms with Gasteiger partial charge in [0.15, 0.2) is 0 Å². The molecule has 3 nitrogen and oxygen atoms in total. The molecule has 0 aliphatic carbocycles. The van der Waals surface area contributed by atoms with E-state index in [1.165, 1.54) is 16.8 Å². The molecule has 0 saturated heterocycles. The van der Waals surface area contributed by atoms with Gasteiger partial charge in [-0.05, 0) is 52.7 Å². The van der Waals surface area contributed by atoms with Gasteiger partial charge in [0.25, 0.3) is 0 Å². The molecule has 3 heteroatoms. The Balaban J connectivity index is 2.74. The van der Waals surface area contributed by atoms with Crippen LogP contribution in [-0.2, 0) is 11.3 Å². The number of rotatable bonds is 2. The normalized spacial score (nSPS) is 11.6. The van der Waals surface area contributed by atoms with Gasteiger partial charge in [-0.25, -0.2) is 0 Å². The number of nitrogens with zero attached hydrogens (tertiary/aromatic N) is 1. The number of nitrogens with one attached hydrogen (secondary N) is 1. The van der Waals surface area contributed by atoms with Crippen LogP contribution in [0, 0.1) is 20.8 Å². The lowest BCUT2D eigenvalue weighted by Crippen LogP contribution is -2.42. The van der Waals surface area contributed by atoms with Crippen LogP contribution in [0.25, 0.3) is 0 Å². The maximum Gasteiger partial charge on any atom is 0.240 e. The largest absolute Gasteiger partial charge is 0.350 e. The lowest BCUT2D eigenvalue weighted by Gasteiger charge is -2.21. The van der Waals surface area contributed by atoms with E-state index in [2.05, 4.69) is 19.2 Å². The molecule has 0 fully saturated rings. The minimum absolute atomic E-state index is 0.0607. The summed E-state index contributed by atoms with van der Waals surface area (Å²) in [5, 5.41) is 2.96. The predicted molar refractivity (Wildman–Crippen MR) is 66.5 cm³/mol. The zero-order valence-corrected chi connectivity index (χ0v) is 11.1. The summed E-state index contributed by atoms with van der Waals surface area (Å²) in [5.74, 6) is 0.0607. The lowest BCUT2D eigenvalue weighted by atomic mass is 10.1. The zero-order valence-electron chi connectivity index (χ0n) is 11.1. The zero-order chi connectivity index (χ0) is 12.5. The molecule has 0 radical (unpaired) electrons. The van der Waals surface area contributed by atoms with Crippen molar-refractivity contribution in [2.45, 2.75) is 53.6 Å². The van der Waals surface area contributed by atoms with E-state index in [4.69, 9.17) is 0 Å². The molecule has 90 valence electrons. The van der Waals surface area contributed by atoms with E-state index in [1.54, 1.807) is 0 Å². The summed E-state index contributed by atoms with van der Waals surface area (Å²) in [6.07, 6.45) is 2.03. The molecule has 0 spiro atoms. The van der Waals surface area contributed by atoms with Crippen molar-refractivity contribution in [3.63, 3.8) is 0 Å². The molecule has 1 rings (SSSR count). The molecule has 0 atom stereocenters. The number of hydrogen-bond donors (Lipinski definition) is 1. The van der Waals surface area contributed by atoms with Crippen LogP contribution >= 0.6 is 0 Å². The maximum absolute atomic E-state index is 11.8. The quantitative estimate of drug-likeness (QED) is 0.818. The maximum atomic E-state index is 11.8. The number of amides is 1. The van der Waals surface area contributed by atoms with E-state index in [1.807, 2.05) is 38.5 Å². The van der Waals surface area contributed by atoms with Gasteiger partial charge >= 0.3 is 0 Å². The highest BCUT2D eigenvalue weighted by atomic mass is 16.2. The molecular formula is C13H22N2O. The number of aromatic nitrogens is 1. The second kappa shape index (κ2) is 4.32. The molecule has 1 N–H and O–H groups in total. The van der Waals surface area contributed by atoms with Crippen LogP contribution in [0.2, 0.25) is 0 Å². The van der Waals surface area contributed by atoms with E-state index < -0.39 is 0 Å². The van der Waals surface area contributed by atoms with Gasteiger partial charge in [0.1, 0.15) is 6.54 Å². The van der Waals surface area contributed by atoms with Gasteiger partial charge in [0.05, 0.1) is 0 Å². The monoisotopic (exact) mass is 222 g/mol. The van der Waals surface area contributed by atoms with E-state index in [0.29, 0.717) is 6.54 Å². The number of hydrogen-bond acceptors (Lipinski definition) is 1. The smallest absolute Gasteiger partial charge is 0.240 e. The lowest BCUT2D eigenvalue weighted by molar-refractivity contribution is -0.123. The van der Waals surface area contributed by atoms with Gasteiger partial charge in [0.2, 0.25) is 5.91 Å². The van der Waals surface area contributed by atoms with Crippen molar-refractivity contribution >= 4 is 5.91 Å². The van der Waals surface area contributed by atoms with Crippen LogP contribution in [0.3, 0.4) is 0 Å². The van der Waals surface area contributed by atoms with Crippen molar-refractivity contribution in [1.29, 1.82) is 0 Å². The van der Waals surface area contributed by atoms with E-state index in [-0.39, 0.29) is 11.4 Å². The minimum atomic E-state index is -0.164. The van der Waals surface area contributed by atoms with Crippen LogP contribution < -0.4 is 5.32 Å². The molecule has 0 aliphatic rings. The fourth-order valence-electron chi connectivity index (χ4n) is 1.70. The molecule has 1 heterocycles. The average Bonchev–Trinajstić information content (AvgIpc) is 2.30. The van der Waals surface area contributed by atoms with Crippen molar-refractivity contribution in [2.24, 2.45) is 0 Å². The van der Waals surface area contributed by atoms with Gasteiger partial charge in [-0.1, -0.05) is 0 Å². The summed E-state index contributed by atoms with van der Waals surface area (Å²) in [6, 6.07) is 0. The van der Waals surface area contributed by atoms with Crippen LogP contribution in [0.4, 0.5) is 0 Å².